The summed E-state index contributed by atoms with van der Waals surface area (Å²) in [4.78, 5) is 21.8. The Bertz CT molecular complexity index is 212. The van der Waals surface area contributed by atoms with Crippen molar-refractivity contribution in [1.29, 1.82) is 0 Å². The maximum absolute atomic E-state index is 11.4. The number of rotatable bonds is 11. The Kier molecular flexibility index (Phi) is 11.0. The third-order valence-electron chi connectivity index (χ3n) is 2.75. The van der Waals surface area contributed by atoms with Gasteiger partial charge in [0.05, 0.1) is 6.61 Å². The Morgan fingerprint density at radius 1 is 0.882 bits per heavy atom. The smallest absolute Gasteiger partial charge is 0.302 e. The van der Waals surface area contributed by atoms with E-state index in [2.05, 4.69) is 6.92 Å². The lowest BCUT2D eigenvalue weighted by molar-refractivity contribution is -0.141. The van der Waals surface area contributed by atoms with Crippen LogP contribution in [0.1, 0.15) is 71.6 Å². The van der Waals surface area contributed by atoms with E-state index in [1.807, 2.05) is 0 Å². The van der Waals surface area contributed by atoms with Crippen LogP contribution in [0, 0.1) is 0 Å². The van der Waals surface area contributed by atoms with Gasteiger partial charge < -0.3 is 4.74 Å². The Labute approximate surface area is 105 Å². The Balaban J connectivity index is 3.19. The van der Waals surface area contributed by atoms with E-state index >= 15 is 0 Å². The molecule has 0 aliphatic carbocycles. The van der Waals surface area contributed by atoms with E-state index < -0.39 is 0 Å². The average Bonchev–Trinajstić information content (AvgIpc) is 2.27. The van der Waals surface area contributed by atoms with Gasteiger partial charge in [0.15, 0.2) is 0 Å². The topological polar surface area (TPSA) is 43.4 Å². The molecule has 17 heavy (non-hydrogen) atoms. The van der Waals surface area contributed by atoms with Gasteiger partial charge in [-0.3, -0.25) is 9.59 Å². The van der Waals surface area contributed by atoms with Gasteiger partial charge in [0, 0.05) is 19.8 Å². The molecule has 0 heterocycles. The molecule has 0 N–H and O–H groups in total. The summed E-state index contributed by atoms with van der Waals surface area (Å²) in [6.07, 6.45) is 9.55. The number of ether oxygens (including phenoxy) is 1. The van der Waals surface area contributed by atoms with E-state index in [0.717, 1.165) is 12.8 Å². The second-order valence-corrected chi connectivity index (χ2v) is 4.50. The molecule has 0 rings (SSSR count). The minimum Gasteiger partial charge on any atom is -0.465 e. The number of Topliss-reactive ketones (excluding diaryl/α,β-unsaturated/α-hetero) is 1. The number of hydrogen-bond donors (Lipinski definition) is 0. The van der Waals surface area contributed by atoms with Gasteiger partial charge in [0.2, 0.25) is 0 Å². The average molecular weight is 242 g/mol. The van der Waals surface area contributed by atoms with Gasteiger partial charge in [-0.2, -0.15) is 0 Å². The molecule has 0 aromatic carbocycles. The fraction of sp³-hybridized carbons (Fsp3) is 0.857. The first kappa shape index (κ1) is 16.1. The molecule has 0 fully saturated rings. The molecule has 0 aliphatic rings. The van der Waals surface area contributed by atoms with Gasteiger partial charge in [-0.25, -0.2) is 0 Å². The molecule has 0 atom stereocenters. The third kappa shape index (κ3) is 13.1. The predicted molar refractivity (Wildman–Crippen MR) is 68.9 cm³/mol. The number of carbonyl (C=O) groups excluding carboxylic acids is 2. The standard InChI is InChI=1S/C14H26O3/c1-3-4-5-6-7-8-9-10-14(16)11-12-17-13(2)15/h3-12H2,1-2H3. The molecular weight excluding hydrogens is 216 g/mol. The molecule has 0 radical (unpaired) electrons. The molecule has 0 bridgehead atoms. The highest BCUT2D eigenvalue weighted by atomic mass is 16.5. The summed E-state index contributed by atoms with van der Waals surface area (Å²) < 4.78 is 4.72. The van der Waals surface area contributed by atoms with Gasteiger partial charge in [-0.1, -0.05) is 45.4 Å². The molecule has 0 aromatic heterocycles. The van der Waals surface area contributed by atoms with Crippen molar-refractivity contribution in [1.82, 2.24) is 0 Å². The lowest BCUT2D eigenvalue weighted by Gasteiger charge is -2.02. The van der Waals surface area contributed by atoms with Gasteiger partial charge in [-0.05, 0) is 6.42 Å². The zero-order valence-corrected chi connectivity index (χ0v) is 11.3. The lowest BCUT2D eigenvalue weighted by atomic mass is 10.1. The van der Waals surface area contributed by atoms with Crippen LogP contribution < -0.4 is 0 Å². The van der Waals surface area contributed by atoms with Gasteiger partial charge in [-0.15, -0.1) is 0 Å². The minimum atomic E-state index is -0.311. The van der Waals surface area contributed by atoms with Crippen molar-refractivity contribution in [2.45, 2.75) is 71.6 Å². The number of hydrogen-bond acceptors (Lipinski definition) is 3. The normalized spacial score (nSPS) is 10.2. The molecule has 3 heteroatoms. The van der Waals surface area contributed by atoms with Crippen LogP contribution >= 0.6 is 0 Å². The summed E-state index contributed by atoms with van der Waals surface area (Å²) >= 11 is 0. The summed E-state index contributed by atoms with van der Waals surface area (Å²) in [6.45, 7) is 3.81. The van der Waals surface area contributed by atoms with Crippen molar-refractivity contribution in [2.75, 3.05) is 6.61 Å². The molecule has 0 amide bonds. The first-order valence-corrected chi connectivity index (χ1v) is 6.82. The minimum absolute atomic E-state index is 0.208. The molecular formula is C14H26O3. The van der Waals surface area contributed by atoms with E-state index in [0.29, 0.717) is 12.8 Å². The van der Waals surface area contributed by atoms with Gasteiger partial charge >= 0.3 is 5.97 Å². The predicted octanol–water partition coefficient (Wildman–Crippen LogP) is 3.65. The first-order valence-electron chi connectivity index (χ1n) is 6.82. The summed E-state index contributed by atoms with van der Waals surface area (Å²) in [6, 6.07) is 0. The van der Waals surface area contributed by atoms with E-state index in [1.54, 1.807) is 0 Å². The highest BCUT2D eigenvalue weighted by molar-refractivity contribution is 5.78. The van der Waals surface area contributed by atoms with Crippen LogP contribution in [0.3, 0.4) is 0 Å². The van der Waals surface area contributed by atoms with Crippen molar-refractivity contribution < 1.29 is 14.3 Å². The summed E-state index contributed by atoms with van der Waals surface area (Å²) in [5.74, 6) is -0.103. The van der Waals surface area contributed by atoms with E-state index in [-0.39, 0.29) is 18.4 Å². The van der Waals surface area contributed by atoms with Gasteiger partial charge in [0.1, 0.15) is 5.78 Å². The molecule has 0 saturated heterocycles. The van der Waals surface area contributed by atoms with E-state index in [9.17, 15) is 9.59 Å². The quantitative estimate of drug-likeness (QED) is 0.410. The Hall–Kier alpha value is -0.860. The maximum atomic E-state index is 11.4. The second kappa shape index (κ2) is 11.6. The van der Waals surface area contributed by atoms with E-state index in [4.69, 9.17) is 4.74 Å². The molecule has 0 saturated carbocycles. The third-order valence-corrected chi connectivity index (χ3v) is 2.75. The number of ketones is 1. The summed E-state index contributed by atoms with van der Waals surface area (Å²) in [5.41, 5.74) is 0. The summed E-state index contributed by atoms with van der Waals surface area (Å²) in [5, 5.41) is 0. The van der Waals surface area contributed by atoms with Crippen molar-refractivity contribution in [3.63, 3.8) is 0 Å². The number of carbonyl (C=O) groups is 2. The van der Waals surface area contributed by atoms with E-state index in [1.165, 1.54) is 39.0 Å². The summed E-state index contributed by atoms with van der Waals surface area (Å²) in [7, 11) is 0. The fourth-order valence-electron chi connectivity index (χ4n) is 1.71. The van der Waals surface area contributed by atoms with Crippen LogP contribution in [-0.4, -0.2) is 18.4 Å². The first-order chi connectivity index (χ1) is 8.16. The van der Waals surface area contributed by atoms with Crippen LogP contribution in [0.2, 0.25) is 0 Å². The molecule has 0 aromatic rings. The van der Waals surface area contributed by atoms with Crippen LogP contribution in [0.4, 0.5) is 0 Å². The molecule has 0 unspecified atom stereocenters. The fourth-order valence-corrected chi connectivity index (χ4v) is 1.71. The Morgan fingerprint density at radius 3 is 2.06 bits per heavy atom. The largest absolute Gasteiger partial charge is 0.465 e. The zero-order valence-electron chi connectivity index (χ0n) is 11.3. The van der Waals surface area contributed by atoms with Crippen molar-refractivity contribution in [2.24, 2.45) is 0 Å². The SMILES string of the molecule is CCCCCCCCCC(=O)CCOC(C)=O. The molecule has 100 valence electrons. The van der Waals surface area contributed by atoms with Crippen molar-refractivity contribution >= 4 is 11.8 Å². The van der Waals surface area contributed by atoms with Gasteiger partial charge in [0.25, 0.3) is 0 Å². The zero-order chi connectivity index (χ0) is 12.9. The van der Waals surface area contributed by atoms with Crippen molar-refractivity contribution in [3.05, 3.63) is 0 Å². The monoisotopic (exact) mass is 242 g/mol. The van der Waals surface area contributed by atoms with Crippen molar-refractivity contribution in [3.8, 4) is 0 Å². The highest BCUT2D eigenvalue weighted by Crippen LogP contribution is 2.09. The highest BCUT2D eigenvalue weighted by Gasteiger charge is 2.02. The second-order valence-electron chi connectivity index (χ2n) is 4.50. The Morgan fingerprint density at radius 2 is 1.47 bits per heavy atom. The van der Waals surface area contributed by atoms with Crippen LogP contribution in [-0.2, 0) is 14.3 Å². The molecule has 0 aliphatic heterocycles. The van der Waals surface area contributed by atoms with Crippen LogP contribution in [0.25, 0.3) is 0 Å². The van der Waals surface area contributed by atoms with Crippen LogP contribution in [0.5, 0.6) is 0 Å². The van der Waals surface area contributed by atoms with Crippen LogP contribution in [0.15, 0.2) is 0 Å². The number of unbranched alkanes of at least 4 members (excludes halogenated alkanes) is 6. The maximum Gasteiger partial charge on any atom is 0.302 e. The lowest BCUT2D eigenvalue weighted by Crippen LogP contribution is -2.06. The molecule has 3 nitrogen and oxygen atoms in total. The number of esters is 1. The molecule has 0 spiro atoms.